The van der Waals surface area contributed by atoms with Crippen molar-refractivity contribution in [1.82, 2.24) is 0 Å². The molecule has 1 unspecified atom stereocenters. The Kier molecular flexibility index (Phi) is 5.71. The van der Waals surface area contributed by atoms with Crippen molar-refractivity contribution in [2.45, 2.75) is 85.5 Å². The lowest BCUT2D eigenvalue weighted by Crippen LogP contribution is -2.14. The molecule has 27 heavy (non-hydrogen) atoms. The van der Waals surface area contributed by atoms with Crippen LogP contribution in [-0.2, 0) is 17.3 Å². The Morgan fingerprint density at radius 1 is 0.741 bits per heavy atom. The molecule has 0 heterocycles. The van der Waals surface area contributed by atoms with Crippen molar-refractivity contribution >= 4 is 0 Å². The summed E-state index contributed by atoms with van der Waals surface area (Å²) in [4.78, 5) is 0. The van der Waals surface area contributed by atoms with E-state index in [-0.39, 0.29) is 10.8 Å². The molecular formula is C25H36O2. The smallest absolute Gasteiger partial charge is 0.122 e. The predicted molar refractivity (Wildman–Crippen MR) is 115 cm³/mol. The van der Waals surface area contributed by atoms with Crippen LogP contribution in [0.1, 0.15) is 87.8 Å². The lowest BCUT2D eigenvalue weighted by molar-refractivity contribution is 0.440. The molecule has 1 atom stereocenters. The van der Waals surface area contributed by atoms with E-state index in [2.05, 4.69) is 72.7 Å². The number of aryl methyl sites for hydroxylation is 2. The molecular weight excluding hydrogens is 332 g/mol. The van der Waals surface area contributed by atoms with Crippen LogP contribution < -0.4 is 0 Å². The normalized spacial score (nSPS) is 13.7. The molecule has 148 valence electrons. The van der Waals surface area contributed by atoms with Gasteiger partial charge >= 0.3 is 0 Å². The molecule has 2 N–H and O–H groups in total. The van der Waals surface area contributed by atoms with Crippen LogP contribution in [-0.4, -0.2) is 10.2 Å². The molecule has 0 aromatic heterocycles. The van der Waals surface area contributed by atoms with Crippen LogP contribution >= 0.6 is 0 Å². The van der Waals surface area contributed by atoms with E-state index >= 15 is 0 Å². The number of phenols is 2. The van der Waals surface area contributed by atoms with Crippen LogP contribution in [0.25, 0.3) is 0 Å². The van der Waals surface area contributed by atoms with Crippen molar-refractivity contribution in [3.8, 4) is 11.5 Å². The van der Waals surface area contributed by atoms with Crippen molar-refractivity contribution in [2.75, 3.05) is 0 Å². The third-order valence-electron chi connectivity index (χ3n) is 5.41. The number of benzene rings is 2. The zero-order valence-corrected chi connectivity index (χ0v) is 18.5. The SMILES string of the molecule is Cc1cc(CC(C)c2cc(C)c(O)c(C(C)(C)C)c2)cc(C(C)(C)C)c1O. The van der Waals surface area contributed by atoms with Gasteiger partial charge in [0.1, 0.15) is 11.5 Å². The summed E-state index contributed by atoms with van der Waals surface area (Å²) in [7, 11) is 0. The fourth-order valence-corrected chi connectivity index (χ4v) is 3.68. The van der Waals surface area contributed by atoms with Crippen molar-refractivity contribution in [3.63, 3.8) is 0 Å². The van der Waals surface area contributed by atoms with Crippen molar-refractivity contribution in [3.05, 3.63) is 57.6 Å². The molecule has 0 bridgehead atoms. The first kappa shape index (κ1) is 21.3. The molecule has 2 aromatic carbocycles. The topological polar surface area (TPSA) is 40.5 Å². The first-order chi connectivity index (χ1) is 12.2. The largest absolute Gasteiger partial charge is 0.507 e. The van der Waals surface area contributed by atoms with Crippen molar-refractivity contribution in [2.24, 2.45) is 0 Å². The minimum atomic E-state index is -0.0981. The van der Waals surface area contributed by atoms with Gasteiger partial charge in [0, 0.05) is 0 Å². The summed E-state index contributed by atoms with van der Waals surface area (Å²) in [6.45, 7) is 19.0. The highest BCUT2D eigenvalue weighted by Crippen LogP contribution is 2.38. The fraction of sp³-hybridized carbons (Fsp3) is 0.520. The molecule has 2 aromatic rings. The first-order valence-electron chi connectivity index (χ1n) is 9.88. The lowest BCUT2D eigenvalue weighted by atomic mass is 9.80. The Balaban J connectivity index is 2.43. The van der Waals surface area contributed by atoms with Gasteiger partial charge in [-0.15, -0.1) is 0 Å². The molecule has 0 aliphatic rings. The number of hydrogen-bond acceptors (Lipinski definition) is 2. The van der Waals surface area contributed by atoms with Crippen LogP contribution in [0.3, 0.4) is 0 Å². The van der Waals surface area contributed by atoms with Gasteiger partial charge in [0.2, 0.25) is 0 Å². The second kappa shape index (κ2) is 7.22. The third kappa shape index (κ3) is 4.66. The lowest BCUT2D eigenvalue weighted by Gasteiger charge is -2.25. The first-order valence-corrected chi connectivity index (χ1v) is 9.88. The van der Waals surface area contributed by atoms with Crippen molar-refractivity contribution < 1.29 is 10.2 Å². The van der Waals surface area contributed by atoms with E-state index in [0.29, 0.717) is 17.4 Å². The summed E-state index contributed by atoms with van der Waals surface area (Å²) in [5.41, 5.74) is 6.16. The average molecular weight is 369 g/mol. The second-order valence-electron chi connectivity index (χ2n) is 10.1. The molecule has 0 aliphatic heterocycles. The Labute approximate surface area is 165 Å². The maximum absolute atomic E-state index is 10.5. The third-order valence-corrected chi connectivity index (χ3v) is 5.41. The number of rotatable bonds is 3. The van der Waals surface area contributed by atoms with E-state index in [9.17, 15) is 10.2 Å². The quantitative estimate of drug-likeness (QED) is 0.636. The van der Waals surface area contributed by atoms with Gasteiger partial charge in [-0.05, 0) is 70.4 Å². The molecule has 0 aliphatic carbocycles. The molecule has 0 spiro atoms. The van der Waals surface area contributed by atoms with E-state index in [1.165, 1.54) is 11.1 Å². The highest BCUT2D eigenvalue weighted by atomic mass is 16.3. The molecule has 2 heteroatoms. The summed E-state index contributed by atoms with van der Waals surface area (Å²) in [5.74, 6) is 1.14. The van der Waals surface area contributed by atoms with Gasteiger partial charge in [-0.2, -0.15) is 0 Å². The highest BCUT2D eigenvalue weighted by Gasteiger charge is 2.23. The van der Waals surface area contributed by atoms with E-state index < -0.39 is 0 Å². The zero-order chi connectivity index (χ0) is 20.7. The fourth-order valence-electron chi connectivity index (χ4n) is 3.68. The molecule has 0 amide bonds. The minimum absolute atomic E-state index is 0.0946. The van der Waals surface area contributed by atoms with E-state index in [0.717, 1.165) is 28.7 Å². The van der Waals surface area contributed by atoms with Gasteiger partial charge in [0.25, 0.3) is 0 Å². The maximum atomic E-state index is 10.5. The van der Waals surface area contributed by atoms with Crippen LogP contribution in [0.4, 0.5) is 0 Å². The van der Waals surface area contributed by atoms with Crippen LogP contribution in [0, 0.1) is 13.8 Å². The van der Waals surface area contributed by atoms with E-state index in [1.54, 1.807) is 0 Å². The molecule has 2 rings (SSSR count). The summed E-state index contributed by atoms with van der Waals surface area (Å²) in [6.07, 6.45) is 0.901. The highest BCUT2D eigenvalue weighted by molar-refractivity contribution is 5.49. The van der Waals surface area contributed by atoms with Gasteiger partial charge in [-0.1, -0.05) is 72.7 Å². The second-order valence-corrected chi connectivity index (χ2v) is 10.1. The average Bonchev–Trinajstić information content (AvgIpc) is 2.50. The van der Waals surface area contributed by atoms with Crippen LogP contribution in [0.2, 0.25) is 0 Å². The number of hydrogen-bond donors (Lipinski definition) is 2. The molecule has 0 saturated carbocycles. The van der Waals surface area contributed by atoms with Gasteiger partial charge in [-0.3, -0.25) is 0 Å². The van der Waals surface area contributed by atoms with Gasteiger partial charge in [0.05, 0.1) is 0 Å². The van der Waals surface area contributed by atoms with E-state index in [4.69, 9.17) is 0 Å². The Morgan fingerprint density at radius 3 is 1.67 bits per heavy atom. The van der Waals surface area contributed by atoms with E-state index in [1.807, 2.05) is 13.8 Å². The maximum Gasteiger partial charge on any atom is 0.122 e. The number of aromatic hydroxyl groups is 2. The minimum Gasteiger partial charge on any atom is -0.507 e. The Hall–Kier alpha value is -1.96. The molecule has 0 radical (unpaired) electrons. The summed E-state index contributed by atoms with van der Waals surface area (Å²) < 4.78 is 0. The van der Waals surface area contributed by atoms with Crippen LogP contribution in [0.15, 0.2) is 24.3 Å². The summed E-state index contributed by atoms with van der Waals surface area (Å²) >= 11 is 0. The summed E-state index contributed by atoms with van der Waals surface area (Å²) in [6, 6.07) is 8.51. The van der Waals surface area contributed by atoms with Crippen LogP contribution in [0.5, 0.6) is 11.5 Å². The van der Waals surface area contributed by atoms with Crippen molar-refractivity contribution in [1.29, 1.82) is 0 Å². The van der Waals surface area contributed by atoms with Gasteiger partial charge in [-0.25, -0.2) is 0 Å². The molecule has 0 saturated heterocycles. The molecule has 2 nitrogen and oxygen atoms in total. The standard InChI is InChI=1S/C25H36O2/c1-15(19-12-17(3)23(27)21(14-19)25(7,8)9)10-18-11-16(2)22(26)20(13-18)24(4,5)6/h11-15,26-27H,10H2,1-9H3. The number of phenolic OH excluding ortho intramolecular Hbond substituents is 2. The predicted octanol–water partition coefficient (Wildman–Crippen LogP) is 6.66. The zero-order valence-electron chi connectivity index (χ0n) is 18.5. The Morgan fingerprint density at radius 2 is 1.19 bits per heavy atom. The molecule has 0 fully saturated rings. The van der Waals surface area contributed by atoms with Gasteiger partial charge in [0.15, 0.2) is 0 Å². The summed E-state index contributed by atoms with van der Waals surface area (Å²) in [5, 5.41) is 21.0. The Bertz CT molecular complexity index is 833. The monoisotopic (exact) mass is 368 g/mol. The van der Waals surface area contributed by atoms with Gasteiger partial charge < -0.3 is 10.2 Å².